The monoisotopic (exact) mass is 211 g/mol. The van der Waals surface area contributed by atoms with E-state index in [4.69, 9.17) is 4.74 Å². The second kappa shape index (κ2) is 4.62. The van der Waals surface area contributed by atoms with E-state index in [-0.39, 0.29) is 0 Å². The molecule has 0 saturated carbocycles. The summed E-state index contributed by atoms with van der Waals surface area (Å²) in [7, 11) is 0. The van der Waals surface area contributed by atoms with Crippen LogP contribution < -0.4 is 4.74 Å². The molecule has 0 aliphatic heterocycles. The highest BCUT2D eigenvalue weighted by Crippen LogP contribution is 2.22. The molecule has 0 aliphatic rings. The fraction of sp³-hybridized carbons (Fsp3) is 0.0714. The largest absolute Gasteiger partial charge is 0.439 e. The van der Waals surface area contributed by atoms with E-state index in [0.29, 0.717) is 5.88 Å². The molecule has 0 fully saturated rings. The summed E-state index contributed by atoms with van der Waals surface area (Å²) in [6.45, 7) is 5.68. The Balaban J connectivity index is 2.25. The number of rotatable bonds is 3. The van der Waals surface area contributed by atoms with Crippen molar-refractivity contribution in [3.8, 4) is 11.6 Å². The Hall–Kier alpha value is -2.09. The molecule has 0 atom stereocenters. The number of aromatic nitrogens is 1. The average molecular weight is 211 g/mol. The van der Waals surface area contributed by atoms with Crippen LogP contribution in [0.4, 0.5) is 0 Å². The third-order valence-corrected chi connectivity index (χ3v) is 2.24. The maximum Gasteiger partial charge on any atom is 0.222 e. The highest BCUT2D eigenvalue weighted by Gasteiger charge is 2.02. The standard InChI is InChI=1S/C14H13NO/c1-3-12-9-11(2)14(15-10-12)16-13-7-5-4-6-8-13/h3-10H,1H2,2H3. The van der Waals surface area contributed by atoms with E-state index in [1.807, 2.05) is 43.3 Å². The van der Waals surface area contributed by atoms with Gasteiger partial charge in [0.1, 0.15) is 5.75 Å². The summed E-state index contributed by atoms with van der Waals surface area (Å²) in [6, 6.07) is 11.6. The highest BCUT2D eigenvalue weighted by atomic mass is 16.5. The van der Waals surface area contributed by atoms with Gasteiger partial charge >= 0.3 is 0 Å². The molecule has 1 aromatic carbocycles. The van der Waals surface area contributed by atoms with E-state index in [1.54, 1.807) is 12.3 Å². The number of para-hydroxylation sites is 1. The van der Waals surface area contributed by atoms with Crippen LogP contribution in [0, 0.1) is 6.92 Å². The summed E-state index contributed by atoms with van der Waals surface area (Å²) in [4.78, 5) is 4.25. The first-order valence-electron chi connectivity index (χ1n) is 5.11. The summed E-state index contributed by atoms with van der Waals surface area (Å²) in [6.07, 6.45) is 3.52. The van der Waals surface area contributed by atoms with Gasteiger partial charge in [-0.15, -0.1) is 0 Å². The Bertz CT molecular complexity index is 491. The Labute approximate surface area is 95.2 Å². The second-order valence-electron chi connectivity index (χ2n) is 3.51. The molecule has 2 heteroatoms. The van der Waals surface area contributed by atoms with Crippen LogP contribution in [-0.2, 0) is 0 Å². The quantitative estimate of drug-likeness (QED) is 0.769. The molecule has 80 valence electrons. The zero-order chi connectivity index (χ0) is 11.4. The molecule has 2 aromatic rings. The summed E-state index contributed by atoms with van der Waals surface area (Å²) < 4.78 is 5.66. The zero-order valence-corrected chi connectivity index (χ0v) is 9.18. The molecule has 2 rings (SSSR count). The number of benzene rings is 1. The van der Waals surface area contributed by atoms with Crippen LogP contribution in [0.25, 0.3) is 6.08 Å². The predicted octanol–water partition coefficient (Wildman–Crippen LogP) is 3.83. The molecule has 0 bridgehead atoms. The molecular formula is C14H13NO. The first kappa shape index (κ1) is 10.4. The maximum atomic E-state index is 5.66. The number of hydrogen-bond donors (Lipinski definition) is 0. The van der Waals surface area contributed by atoms with Crippen LogP contribution in [0.2, 0.25) is 0 Å². The van der Waals surface area contributed by atoms with Crippen molar-refractivity contribution in [3.63, 3.8) is 0 Å². The van der Waals surface area contributed by atoms with Crippen molar-refractivity contribution in [2.24, 2.45) is 0 Å². The lowest BCUT2D eigenvalue weighted by molar-refractivity contribution is 0.459. The van der Waals surface area contributed by atoms with Gasteiger partial charge in [0.25, 0.3) is 0 Å². The first-order valence-corrected chi connectivity index (χ1v) is 5.11. The van der Waals surface area contributed by atoms with Crippen molar-refractivity contribution in [1.82, 2.24) is 4.98 Å². The van der Waals surface area contributed by atoms with Gasteiger partial charge in [-0.1, -0.05) is 30.9 Å². The van der Waals surface area contributed by atoms with Gasteiger partial charge in [0.2, 0.25) is 5.88 Å². The number of aryl methyl sites for hydroxylation is 1. The smallest absolute Gasteiger partial charge is 0.222 e. The van der Waals surface area contributed by atoms with Crippen LogP contribution in [0.5, 0.6) is 11.6 Å². The van der Waals surface area contributed by atoms with Crippen molar-refractivity contribution in [1.29, 1.82) is 0 Å². The van der Waals surface area contributed by atoms with Gasteiger partial charge in [0.05, 0.1) is 0 Å². The minimum atomic E-state index is 0.636. The zero-order valence-electron chi connectivity index (χ0n) is 9.18. The molecule has 1 aromatic heterocycles. The molecular weight excluding hydrogens is 198 g/mol. The summed E-state index contributed by atoms with van der Waals surface area (Å²) >= 11 is 0. The summed E-state index contributed by atoms with van der Waals surface area (Å²) in [5, 5.41) is 0. The Morgan fingerprint density at radius 3 is 2.62 bits per heavy atom. The van der Waals surface area contributed by atoms with Crippen LogP contribution >= 0.6 is 0 Å². The predicted molar refractivity (Wildman–Crippen MR) is 65.6 cm³/mol. The molecule has 0 amide bonds. The SMILES string of the molecule is C=Cc1cnc(Oc2ccccc2)c(C)c1. The van der Waals surface area contributed by atoms with Crippen molar-refractivity contribution in [2.75, 3.05) is 0 Å². The van der Waals surface area contributed by atoms with Crippen LogP contribution in [0.15, 0.2) is 49.2 Å². The average Bonchev–Trinajstić information content (AvgIpc) is 2.33. The molecule has 0 unspecified atom stereocenters. The summed E-state index contributed by atoms with van der Waals surface area (Å²) in [5.41, 5.74) is 2.00. The second-order valence-corrected chi connectivity index (χ2v) is 3.51. The van der Waals surface area contributed by atoms with Crippen molar-refractivity contribution >= 4 is 6.08 Å². The van der Waals surface area contributed by atoms with Gasteiger partial charge in [0.15, 0.2) is 0 Å². The molecule has 0 N–H and O–H groups in total. The Morgan fingerprint density at radius 2 is 2.00 bits per heavy atom. The fourth-order valence-electron chi connectivity index (χ4n) is 1.40. The van der Waals surface area contributed by atoms with E-state index >= 15 is 0 Å². The van der Waals surface area contributed by atoms with Crippen LogP contribution in [0.3, 0.4) is 0 Å². The van der Waals surface area contributed by atoms with Crippen molar-refractivity contribution < 1.29 is 4.74 Å². The molecule has 16 heavy (non-hydrogen) atoms. The normalized spacial score (nSPS) is 9.81. The Morgan fingerprint density at radius 1 is 1.25 bits per heavy atom. The minimum absolute atomic E-state index is 0.636. The van der Waals surface area contributed by atoms with E-state index in [1.165, 1.54) is 0 Å². The van der Waals surface area contributed by atoms with Gasteiger partial charge < -0.3 is 4.74 Å². The van der Waals surface area contributed by atoms with Gasteiger partial charge in [-0.05, 0) is 30.7 Å². The van der Waals surface area contributed by atoms with E-state index in [0.717, 1.165) is 16.9 Å². The topological polar surface area (TPSA) is 22.1 Å². The number of nitrogens with zero attached hydrogens (tertiary/aromatic N) is 1. The molecule has 2 nitrogen and oxygen atoms in total. The third kappa shape index (κ3) is 2.28. The molecule has 0 saturated heterocycles. The van der Waals surface area contributed by atoms with Crippen molar-refractivity contribution in [3.05, 3.63) is 60.3 Å². The lowest BCUT2D eigenvalue weighted by Gasteiger charge is -2.07. The summed E-state index contributed by atoms with van der Waals surface area (Å²) in [5.74, 6) is 1.43. The van der Waals surface area contributed by atoms with E-state index in [9.17, 15) is 0 Å². The van der Waals surface area contributed by atoms with Crippen LogP contribution in [0.1, 0.15) is 11.1 Å². The van der Waals surface area contributed by atoms with Crippen LogP contribution in [-0.4, -0.2) is 4.98 Å². The molecule has 0 radical (unpaired) electrons. The number of pyridine rings is 1. The van der Waals surface area contributed by atoms with Gasteiger partial charge in [0, 0.05) is 11.8 Å². The maximum absolute atomic E-state index is 5.66. The van der Waals surface area contributed by atoms with Gasteiger partial charge in [-0.25, -0.2) is 4.98 Å². The minimum Gasteiger partial charge on any atom is -0.439 e. The molecule has 0 spiro atoms. The lowest BCUT2D eigenvalue weighted by atomic mass is 10.2. The highest BCUT2D eigenvalue weighted by molar-refractivity contribution is 5.48. The fourth-order valence-corrected chi connectivity index (χ4v) is 1.40. The number of ether oxygens (including phenoxy) is 1. The third-order valence-electron chi connectivity index (χ3n) is 2.24. The van der Waals surface area contributed by atoms with Crippen molar-refractivity contribution in [2.45, 2.75) is 6.92 Å². The van der Waals surface area contributed by atoms with E-state index < -0.39 is 0 Å². The van der Waals surface area contributed by atoms with Gasteiger partial charge in [-0.3, -0.25) is 0 Å². The Kier molecular flexibility index (Phi) is 3.01. The molecule has 0 aliphatic carbocycles. The molecule has 1 heterocycles. The first-order chi connectivity index (χ1) is 7.79. The van der Waals surface area contributed by atoms with Gasteiger partial charge in [-0.2, -0.15) is 0 Å². The van der Waals surface area contributed by atoms with E-state index in [2.05, 4.69) is 11.6 Å². The number of hydrogen-bond acceptors (Lipinski definition) is 2. The lowest BCUT2D eigenvalue weighted by Crippen LogP contribution is -1.91.